The Morgan fingerprint density at radius 3 is 2.62 bits per heavy atom. The van der Waals surface area contributed by atoms with Crippen LogP contribution in [0.1, 0.15) is 35.1 Å². The summed E-state index contributed by atoms with van der Waals surface area (Å²) in [5, 5.41) is 3.38. The molecule has 0 saturated carbocycles. The van der Waals surface area contributed by atoms with Gasteiger partial charge >= 0.3 is 0 Å². The number of aryl methyl sites for hydroxylation is 1. The molecular formula is C19H21NO. The topological polar surface area (TPSA) is 21.3 Å². The minimum absolute atomic E-state index is 0.282. The Morgan fingerprint density at radius 1 is 1.19 bits per heavy atom. The molecule has 1 atom stereocenters. The van der Waals surface area contributed by atoms with Crippen LogP contribution < -0.4 is 10.1 Å². The molecule has 1 unspecified atom stereocenters. The molecule has 2 aromatic carbocycles. The van der Waals surface area contributed by atoms with Crippen LogP contribution in [-0.4, -0.2) is 0 Å². The zero-order valence-electron chi connectivity index (χ0n) is 12.9. The van der Waals surface area contributed by atoms with Gasteiger partial charge in [0.2, 0.25) is 0 Å². The van der Waals surface area contributed by atoms with E-state index >= 15 is 0 Å². The van der Waals surface area contributed by atoms with Crippen molar-refractivity contribution >= 4 is 5.69 Å². The summed E-state index contributed by atoms with van der Waals surface area (Å²) >= 11 is 0. The van der Waals surface area contributed by atoms with E-state index in [-0.39, 0.29) is 5.92 Å². The molecule has 0 fully saturated rings. The van der Waals surface area contributed by atoms with Gasteiger partial charge in [-0.2, -0.15) is 0 Å². The highest BCUT2D eigenvalue weighted by Gasteiger charge is 2.28. The lowest BCUT2D eigenvalue weighted by molar-refractivity contribution is 0.300. The molecule has 0 amide bonds. The lowest BCUT2D eigenvalue weighted by Gasteiger charge is -2.17. The van der Waals surface area contributed by atoms with Gasteiger partial charge in [0.05, 0.1) is 0 Å². The van der Waals surface area contributed by atoms with Crippen molar-refractivity contribution in [3.63, 3.8) is 0 Å². The third-order valence-electron chi connectivity index (χ3n) is 4.30. The molecule has 1 aliphatic rings. The average Bonchev–Trinajstić information content (AvgIpc) is 2.76. The maximum absolute atomic E-state index is 6.18. The van der Waals surface area contributed by atoms with Crippen molar-refractivity contribution in [3.05, 3.63) is 70.9 Å². The Labute approximate surface area is 126 Å². The van der Waals surface area contributed by atoms with Crippen LogP contribution in [0.4, 0.5) is 5.69 Å². The summed E-state index contributed by atoms with van der Waals surface area (Å²) in [5.41, 5.74) is 7.06. The fraction of sp³-hybridized carbons (Fsp3) is 0.263. The van der Waals surface area contributed by atoms with Gasteiger partial charge in [0, 0.05) is 22.9 Å². The van der Waals surface area contributed by atoms with E-state index < -0.39 is 0 Å². The van der Waals surface area contributed by atoms with E-state index in [9.17, 15) is 0 Å². The standard InChI is InChI=1S/C19H21NO/c1-12-10-17-18(14(3)15(4)20-17)19(13(12)2)21-11-16-8-6-5-7-9-16/h5-10,14,20H,4,11H2,1-3H3. The monoisotopic (exact) mass is 279 g/mol. The molecule has 108 valence electrons. The molecule has 0 radical (unpaired) electrons. The third-order valence-corrected chi connectivity index (χ3v) is 4.30. The van der Waals surface area contributed by atoms with Gasteiger partial charge in [0.1, 0.15) is 12.4 Å². The Hall–Kier alpha value is -2.22. The Morgan fingerprint density at radius 2 is 1.90 bits per heavy atom. The lowest BCUT2D eigenvalue weighted by atomic mass is 9.95. The Balaban J connectivity index is 1.97. The van der Waals surface area contributed by atoms with Crippen LogP contribution in [0.3, 0.4) is 0 Å². The van der Waals surface area contributed by atoms with Gasteiger partial charge < -0.3 is 10.1 Å². The second-order valence-electron chi connectivity index (χ2n) is 5.76. The number of hydrogen-bond donors (Lipinski definition) is 1. The fourth-order valence-electron chi connectivity index (χ4n) is 2.81. The van der Waals surface area contributed by atoms with Gasteiger partial charge in [-0.05, 0) is 36.6 Å². The summed E-state index contributed by atoms with van der Waals surface area (Å²) in [6.07, 6.45) is 0. The molecule has 21 heavy (non-hydrogen) atoms. The summed E-state index contributed by atoms with van der Waals surface area (Å²) < 4.78 is 6.18. The second-order valence-corrected chi connectivity index (χ2v) is 5.76. The number of fused-ring (bicyclic) bond motifs is 1. The van der Waals surface area contributed by atoms with Crippen LogP contribution in [0.15, 0.2) is 48.7 Å². The molecule has 2 heteroatoms. The van der Waals surface area contributed by atoms with Crippen molar-refractivity contribution in [1.82, 2.24) is 0 Å². The van der Waals surface area contributed by atoms with Crippen molar-refractivity contribution < 1.29 is 4.74 Å². The molecule has 1 aliphatic heterocycles. The van der Waals surface area contributed by atoms with Gasteiger partial charge in [0.15, 0.2) is 0 Å². The highest BCUT2D eigenvalue weighted by atomic mass is 16.5. The fourth-order valence-corrected chi connectivity index (χ4v) is 2.81. The van der Waals surface area contributed by atoms with E-state index in [2.05, 4.69) is 50.9 Å². The van der Waals surface area contributed by atoms with Crippen molar-refractivity contribution in [2.45, 2.75) is 33.3 Å². The highest BCUT2D eigenvalue weighted by Crippen LogP contribution is 2.46. The number of ether oxygens (including phenoxy) is 1. The SMILES string of the molecule is C=C1Nc2cc(C)c(C)c(OCc3ccccc3)c2C1C. The Bertz CT molecular complexity index is 688. The normalized spacial score (nSPS) is 16.5. The van der Waals surface area contributed by atoms with Gasteiger partial charge in [-0.1, -0.05) is 43.8 Å². The molecule has 0 aliphatic carbocycles. The first-order valence-corrected chi connectivity index (χ1v) is 7.34. The molecule has 2 aromatic rings. The number of anilines is 1. The van der Waals surface area contributed by atoms with Crippen molar-refractivity contribution in [2.75, 3.05) is 5.32 Å². The minimum Gasteiger partial charge on any atom is -0.488 e. The predicted molar refractivity (Wildman–Crippen MR) is 87.9 cm³/mol. The van der Waals surface area contributed by atoms with E-state index in [1.807, 2.05) is 18.2 Å². The molecule has 1 N–H and O–H groups in total. The maximum atomic E-state index is 6.18. The second kappa shape index (κ2) is 5.28. The van der Waals surface area contributed by atoms with E-state index in [1.165, 1.54) is 22.3 Å². The molecule has 0 spiro atoms. The van der Waals surface area contributed by atoms with Crippen molar-refractivity contribution in [1.29, 1.82) is 0 Å². The van der Waals surface area contributed by atoms with E-state index in [1.54, 1.807) is 0 Å². The van der Waals surface area contributed by atoms with Crippen LogP contribution >= 0.6 is 0 Å². The molecule has 3 rings (SSSR count). The van der Waals surface area contributed by atoms with Crippen molar-refractivity contribution in [2.24, 2.45) is 0 Å². The zero-order valence-corrected chi connectivity index (χ0v) is 12.9. The quantitative estimate of drug-likeness (QED) is 0.860. The number of hydrogen-bond acceptors (Lipinski definition) is 2. The molecule has 0 saturated heterocycles. The van der Waals surface area contributed by atoms with E-state index in [0.29, 0.717) is 6.61 Å². The Kier molecular flexibility index (Phi) is 3.46. The van der Waals surface area contributed by atoms with Crippen LogP contribution in [0, 0.1) is 13.8 Å². The predicted octanol–water partition coefficient (Wildman–Crippen LogP) is 4.93. The number of benzene rings is 2. The summed E-state index contributed by atoms with van der Waals surface area (Å²) in [6, 6.07) is 12.5. The summed E-state index contributed by atoms with van der Waals surface area (Å²) in [6.45, 7) is 11.1. The minimum atomic E-state index is 0.282. The summed E-state index contributed by atoms with van der Waals surface area (Å²) in [4.78, 5) is 0. The van der Waals surface area contributed by atoms with Gasteiger partial charge in [0.25, 0.3) is 0 Å². The van der Waals surface area contributed by atoms with Gasteiger partial charge in [-0.3, -0.25) is 0 Å². The first-order valence-electron chi connectivity index (χ1n) is 7.34. The maximum Gasteiger partial charge on any atom is 0.128 e. The van der Waals surface area contributed by atoms with Crippen molar-refractivity contribution in [3.8, 4) is 5.75 Å². The molecule has 0 bridgehead atoms. The third kappa shape index (κ3) is 2.42. The molecule has 1 heterocycles. The van der Waals surface area contributed by atoms with Crippen LogP contribution in [0.2, 0.25) is 0 Å². The number of nitrogens with one attached hydrogen (secondary N) is 1. The highest BCUT2D eigenvalue weighted by molar-refractivity contribution is 5.72. The first-order chi connectivity index (χ1) is 10.1. The van der Waals surface area contributed by atoms with Crippen LogP contribution in [0.5, 0.6) is 5.75 Å². The number of allylic oxidation sites excluding steroid dienone is 1. The van der Waals surface area contributed by atoms with E-state index in [4.69, 9.17) is 4.74 Å². The lowest BCUT2D eigenvalue weighted by Crippen LogP contribution is -2.02. The number of rotatable bonds is 3. The smallest absolute Gasteiger partial charge is 0.128 e. The van der Waals surface area contributed by atoms with Gasteiger partial charge in [-0.15, -0.1) is 0 Å². The van der Waals surface area contributed by atoms with Crippen LogP contribution in [-0.2, 0) is 6.61 Å². The van der Waals surface area contributed by atoms with Gasteiger partial charge in [-0.25, -0.2) is 0 Å². The van der Waals surface area contributed by atoms with E-state index in [0.717, 1.165) is 17.1 Å². The average molecular weight is 279 g/mol. The summed E-state index contributed by atoms with van der Waals surface area (Å²) in [5.74, 6) is 1.29. The first kappa shape index (κ1) is 13.7. The summed E-state index contributed by atoms with van der Waals surface area (Å²) in [7, 11) is 0. The van der Waals surface area contributed by atoms with Crippen LogP contribution in [0.25, 0.3) is 0 Å². The molecular weight excluding hydrogens is 258 g/mol. The molecule has 2 nitrogen and oxygen atoms in total. The molecule has 0 aromatic heterocycles. The zero-order chi connectivity index (χ0) is 15.0. The largest absolute Gasteiger partial charge is 0.488 e.